The smallest absolute Gasteiger partial charge is 0.255 e. The summed E-state index contributed by atoms with van der Waals surface area (Å²) in [5.41, 5.74) is 6.83. The third-order valence-electron chi connectivity index (χ3n) is 5.86. The molecular formula is C23H27N3O2. The number of hydrogen-bond acceptors (Lipinski definition) is 3. The standard InChI is InChI=1S/C23H27N3O2/c1-4-25(5-2)19-8-9-20(15(3)11-19)24-23(28)18-12-16-7-6-10-26-21(27)14-17(13-18)22(16)26/h8-9,11-13H,4-7,10,14H2,1-3H3,(H,24,28). The number of nitrogens with one attached hydrogen (secondary N) is 1. The van der Waals surface area contributed by atoms with Crippen LogP contribution in [0.4, 0.5) is 17.1 Å². The van der Waals surface area contributed by atoms with Crippen LogP contribution in [-0.2, 0) is 17.6 Å². The molecule has 4 rings (SSSR count). The van der Waals surface area contributed by atoms with Crippen molar-refractivity contribution in [3.8, 4) is 0 Å². The number of hydrogen-bond donors (Lipinski definition) is 1. The van der Waals surface area contributed by atoms with Gasteiger partial charge in [0.2, 0.25) is 5.91 Å². The molecule has 2 aromatic carbocycles. The van der Waals surface area contributed by atoms with Crippen LogP contribution in [0.3, 0.4) is 0 Å². The Morgan fingerprint density at radius 3 is 2.61 bits per heavy atom. The Bertz CT molecular complexity index is 947. The van der Waals surface area contributed by atoms with Crippen molar-refractivity contribution in [1.82, 2.24) is 0 Å². The van der Waals surface area contributed by atoms with E-state index < -0.39 is 0 Å². The van der Waals surface area contributed by atoms with Crippen LogP contribution in [0.15, 0.2) is 30.3 Å². The van der Waals surface area contributed by atoms with Gasteiger partial charge in [0.25, 0.3) is 5.91 Å². The average molecular weight is 377 g/mol. The summed E-state index contributed by atoms with van der Waals surface area (Å²) in [4.78, 5) is 29.3. The highest BCUT2D eigenvalue weighted by Gasteiger charge is 2.32. The van der Waals surface area contributed by atoms with E-state index in [0.717, 1.165) is 60.5 Å². The number of nitrogens with zero attached hydrogens (tertiary/aromatic N) is 2. The maximum Gasteiger partial charge on any atom is 0.255 e. The molecular weight excluding hydrogens is 350 g/mol. The number of aryl methyl sites for hydroxylation is 2. The molecule has 5 nitrogen and oxygen atoms in total. The lowest BCUT2D eigenvalue weighted by Gasteiger charge is -2.26. The predicted molar refractivity (Wildman–Crippen MR) is 114 cm³/mol. The second-order valence-electron chi connectivity index (χ2n) is 7.59. The topological polar surface area (TPSA) is 52.7 Å². The Hall–Kier alpha value is -2.82. The molecule has 2 heterocycles. The zero-order valence-corrected chi connectivity index (χ0v) is 16.8. The van der Waals surface area contributed by atoms with Gasteiger partial charge in [0.1, 0.15) is 0 Å². The molecule has 2 aliphatic heterocycles. The minimum absolute atomic E-state index is 0.116. The van der Waals surface area contributed by atoms with Crippen molar-refractivity contribution in [3.05, 3.63) is 52.6 Å². The highest BCUT2D eigenvalue weighted by atomic mass is 16.2. The van der Waals surface area contributed by atoms with Crippen molar-refractivity contribution in [2.45, 2.75) is 40.0 Å². The van der Waals surface area contributed by atoms with Crippen LogP contribution >= 0.6 is 0 Å². The zero-order valence-electron chi connectivity index (χ0n) is 16.8. The monoisotopic (exact) mass is 377 g/mol. The van der Waals surface area contributed by atoms with Gasteiger partial charge in [0.05, 0.1) is 12.1 Å². The molecule has 0 spiro atoms. The summed E-state index contributed by atoms with van der Waals surface area (Å²) >= 11 is 0. The molecule has 0 fully saturated rings. The van der Waals surface area contributed by atoms with E-state index in [-0.39, 0.29) is 11.8 Å². The van der Waals surface area contributed by atoms with Crippen LogP contribution < -0.4 is 15.1 Å². The number of carbonyl (C=O) groups excluding carboxylic acids is 2. The van der Waals surface area contributed by atoms with Gasteiger partial charge in [-0.2, -0.15) is 0 Å². The van der Waals surface area contributed by atoms with Gasteiger partial charge < -0.3 is 15.1 Å². The predicted octanol–water partition coefficient (Wildman–Crippen LogP) is 3.93. The van der Waals surface area contributed by atoms with Crippen molar-refractivity contribution in [3.63, 3.8) is 0 Å². The van der Waals surface area contributed by atoms with Gasteiger partial charge in [-0.1, -0.05) is 0 Å². The molecule has 2 aromatic rings. The highest BCUT2D eigenvalue weighted by molar-refractivity contribution is 6.08. The van der Waals surface area contributed by atoms with Crippen LogP contribution in [-0.4, -0.2) is 31.4 Å². The minimum Gasteiger partial charge on any atom is -0.372 e. The summed E-state index contributed by atoms with van der Waals surface area (Å²) in [6, 6.07) is 9.99. The fourth-order valence-corrected chi connectivity index (χ4v) is 4.38. The fraction of sp³-hybridized carbons (Fsp3) is 0.391. The van der Waals surface area contributed by atoms with Crippen LogP contribution in [0.1, 0.15) is 47.3 Å². The molecule has 2 aliphatic rings. The van der Waals surface area contributed by atoms with Crippen LogP contribution in [0.25, 0.3) is 0 Å². The average Bonchev–Trinajstić information content (AvgIpc) is 3.02. The molecule has 0 unspecified atom stereocenters. The second-order valence-corrected chi connectivity index (χ2v) is 7.59. The van der Waals surface area contributed by atoms with Crippen LogP contribution in [0.5, 0.6) is 0 Å². The maximum atomic E-state index is 12.9. The van der Waals surface area contributed by atoms with Crippen molar-refractivity contribution in [1.29, 1.82) is 0 Å². The molecule has 0 saturated carbocycles. The summed E-state index contributed by atoms with van der Waals surface area (Å²) < 4.78 is 0. The lowest BCUT2D eigenvalue weighted by molar-refractivity contribution is -0.117. The van der Waals surface area contributed by atoms with Gasteiger partial charge >= 0.3 is 0 Å². The van der Waals surface area contributed by atoms with Crippen molar-refractivity contribution in [2.75, 3.05) is 34.8 Å². The molecule has 0 aliphatic carbocycles. The molecule has 0 radical (unpaired) electrons. The molecule has 5 heteroatoms. The Morgan fingerprint density at radius 2 is 1.89 bits per heavy atom. The Balaban J connectivity index is 1.58. The first-order chi connectivity index (χ1) is 13.5. The van der Waals surface area contributed by atoms with E-state index >= 15 is 0 Å². The van der Waals surface area contributed by atoms with E-state index in [9.17, 15) is 9.59 Å². The SMILES string of the molecule is CCN(CC)c1ccc(NC(=O)c2cc3c4c(c2)CC(=O)N4CCC3)c(C)c1. The van der Waals surface area contributed by atoms with E-state index in [1.54, 1.807) is 0 Å². The third-order valence-corrected chi connectivity index (χ3v) is 5.86. The van der Waals surface area contributed by atoms with Gasteiger partial charge in [-0.3, -0.25) is 9.59 Å². The molecule has 0 aromatic heterocycles. The molecule has 0 saturated heterocycles. The van der Waals surface area contributed by atoms with Crippen LogP contribution in [0, 0.1) is 6.92 Å². The summed E-state index contributed by atoms with van der Waals surface area (Å²) in [5, 5.41) is 3.06. The quantitative estimate of drug-likeness (QED) is 0.859. The van der Waals surface area contributed by atoms with Crippen LogP contribution in [0.2, 0.25) is 0 Å². The lowest BCUT2D eigenvalue weighted by atomic mass is 9.96. The number of anilines is 3. The Labute approximate surface area is 166 Å². The fourth-order valence-electron chi connectivity index (χ4n) is 4.38. The van der Waals surface area contributed by atoms with Gasteiger partial charge in [0.15, 0.2) is 0 Å². The largest absolute Gasteiger partial charge is 0.372 e. The lowest BCUT2D eigenvalue weighted by Crippen LogP contribution is -2.31. The van der Waals surface area contributed by atoms with E-state index in [2.05, 4.69) is 36.2 Å². The van der Waals surface area contributed by atoms with Gasteiger partial charge in [0, 0.05) is 36.6 Å². The second kappa shape index (κ2) is 7.30. The van der Waals surface area contributed by atoms with Gasteiger partial charge in [-0.15, -0.1) is 0 Å². The molecule has 0 bridgehead atoms. The van der Waals surface area contributed by atoms with Gasteiger partial charge in [-0.05, 0) is 80.6 Å². The number of carbonyl (C=O) groups is 2. The van der Waals surface area contributed by atoms with Crippen molar-refractivity contribution in [2.24, 2.45) is 0 Å². The zero-order chi connectivity index (χ0) is 19.8. The van der Waals surface area contributed by atoms with Gasteiger partial charge in [-0.25, -0.2) is 0 Å². The summed E-state index contributed by atoms with van der Waals surface area (Å²) in [6.07, 6.45) is 2.28. The first-order valence-electron chi connectivity index (χ1n) is 10.1. The molecule has 1 N–H and O–H groups in total. The molecule has 2 amide bonds. The normalized spacial score (nSPS) is 14.8. The highest BCUT2D eigenvalue weighted by Crippen LogP contribution is 2.37. The maximum absolute atomic E-state index is 12.9. The van der Waals surface area contributed by atoms with E-state index in [0.29, 0.717) is 12.0 Å². The minimum atomic E-state index is -0.116. The number of amides is 2. The summed E-state index contributed by atoms with van der Waals surface area (Å²) in [7, 11) is 0. The third kappa shape index (κ3) is 3.15. The molecule has 0 atom stereocenters. The summed E-state index contributed by atoms with van der Waals surface area (Å²) in [6.45, 7) is 9.00. The Morgan fingerprint density at radius 1 is 1.14 bits per heavy atom. The summed E-state index contributed by atoms with van der Waals surface area (Å²) in [5.74, 6) is 0.0329. The van der Waals surface area contributed by atoms with E-state index in [1.807, 2.05) is 30.0 Å². The Kier molecular flexibility index (Phi) is 4.84. The number of rotatable bonds is 5. The molecule has 28 heavy (non-hydrogen) atoms. The molecule has 146 valence electrons. The first kappa shape index (κ1) is 18.5. The van der Waals surface area contributed by atoms with E-state index in [1.165, 1.54) is 5.69 Å². The van der Waals surface area contributed by atoms with E-state index in [4.69, 9.17) is 0 Å². The number of benzene rings is 2. The van der Waals surface area contributed by atoms with Crippen molar-refractivity contribution >= 4 is 28.9 Å². The first-order valence-corrected chi connectivity index (χ1v) is 10.1. The van der Waals surface area contributed by atoms with Crippen molar-refractivity contribution < 1.29 is 9.59 Å².